The minimum Gasteiger partial charge on any atom is -0.494 e. The van der Waals surface area contributed by atoms with Crippen LogP contribution in [0.3, 0.4) is 0 Å². The van der Waals surface area contributed by atoms with Crippen molar-refractivity contribution in [3.8, 4) is 5.75 Å². The molecular weight excluding hydrogens is 382 g/mol. The molecule has 0 spiro atoms. The number of rotatable bonds is 4. The van der Waals surface area contributed by atoms with Crippen molar-refractivity contribution < 1.29 is 18.7 Å². The Labute approximate surface area is 159 Å². The molecule has 1 atom stereocenters. The lowest BCUT2D eigenvalue weighted by atomic mass is 9.92. The number of hydrogen-bond acceptors (Lipinski definition) is 3. The Bertz CT molecular complexity index is 906. The van der Waals surface area contributed by atoms with Gasteiger partial charge in [0.25, 0.3) is 5.91 Å². The molecule has 0 aromatic heterocycles. The molecule has 3 rings (SSSR count). The number of amides is 3. The van der Waals surface area contributed by atoms with E-state index in [1.807, 2.05) is 0 Å². The molecule has 0 radical (unpaired) electrons. The topological polar surface area (TPSA) is 58.6 Å². The van der Waals surface area contributed by atoms with Crippen LogP contribution >= 0.6 is 23.2 Å². The van der Waals surface area contributed by atoms with Crippen molar-refractivity contribution in [3.63, 3.8) is 0 Å². The molecule has 1 aliphatic heterocycles. The van der Waals surface area contributed by atoms with Gasteiger partial charge in [0, 0.05) is 15.6 Å². The van der Waals surface area contributed by atoms with Crippen LogP contribution in [0.2, 0.25) is 10.0 Å². The number of hydrogen-bond donors (Lipinski definition) is 1. The summed E-state index contributed by atoms with van der Waals surface area (Å²) in [6.45, 7) is 1.49. The van der Waals surface area contributed by atoms with Gasteiger partial charge in [-0.15, -0.1) is 0 Å². The van der Waals surface area contributed by atoms with E-state index in [2.05, 4.69) is 5.32 Å². The van der Waals surface area contributed by atoms with Crippen molar-refractivity contribution in [3.05, 3.63) is 63.4 Å². The summed E-state index contributed by atoms with van der Waals surface area (Å²) in [5.41, 5.74) is -0.437. The number of carbonyl (C=O) groups excluding carboxylic acids is 2. The number of halogens is 3. The van der Waals surface area contributed by atoms with Crippen LogP contribution < -0.4 is 10.1 Å². The van der Waals surface area contributed by atoms with Crippen LogP contribution in [0, 0.1) is 5.82 Å². The van der Waals surface area contributed by atoms with Crippen LogP contribution in [-0.4, -0.2) is 23.9 Å². The number of ether oxygens (including phenoxy) is 1. The second-order valence-corrected chi connectivity index (χ2v) is 6.88. The first-order valence-corrected chi connectivity index (χ1v) is 8.44. The third kappa shape index (κ3) is 3.10. The fourth-order valence-corrected chi connectivity index (χ4v) is 3.51. The number of nitrogens with one attached hydrogen (secondary N) is 1. The summed E-state index contributed by atoms with van der Waals surface area (Å²) in [6, 6.07) is 8.37. The van der Waals surface area contributed by atoms with E-state index < -0.39 is 23.3 Å². The molecule has 2 aromatic carbocycles. The van der Waals surface area contributed by atoms with Crippen LogP contribution in [-0.2, 0) is 16.9 Å². The Morgan fingerprint density at radius 3 is 2.54 bits per heavy atom. The standard InChI is InChI=1S/C18H15Cl2FN2O3/c1-18(12-5-4-11(19)8-13(12)20)16(24)23(17(25)22-18)9-10-3-6-15(26-2)14(21)7-10/h3-8H,9H2,1-2H3,(H,22,25). The van der Waals surface area contributed by atoms with E-state index >= 15 is 0 Å². The van der Waals surface area contributed by atoms with Crippen molar-refractivity contribution >= 4 is 35.1 Å². The smallest absolute Gasteiger partial charge is 0.325 e. The van der Waals surface area contributed by atoms with Gasteiger partial charge in [-0.2, -0.15) is 0 Å². The van der Waals surface area contributed by atoms with Crippen LogP contribution in [0.25, 0.3) is 0 Å². The highest BCUT2D eigenvalue weighted by Gasteiger charge is 2.49. The van der Waals surface area contributed by atoms with Gasteiger partial charge in [0.2, 0.25) is 0 Å². The Kier molecular flexibility index (Phi) is 4.82. The van der Waals surface area contributed by atoms with Crippen molar-refractivity contribution in [2.45, 2.75) is 19.0 Å². The largest absolute Gasteiger partial charge is 0.494 e. The third-order valence-electron chi connectivity index (χ3n) is 4.30. The average Bonchev–Trinajstić information content (AvgIpc) is 2.79. The van der Waals surface area contributed by atoms with Crippen molar-refractivity contribution in [1.82, 2.24) is 10.2 Å². The SMILES string of the molecule is COc1ccc(CN2C(=O)NC(C)(c3ccc(Cl)cc3Cl)C2=O)cc1F. The molecule has 0 saturated carbocycles. The Balaban J connectivity index is 1.90. The number of nitrogens with zero attached hydrogens (tertiary/aromatic N) is 1. The van der Waals surface area contributed by atoms with Gasteiger partial charge in [0.15, 0.2) is 11.6 Å². The lowest BCUT2D eigenvalue weighted by Crippen LogP contribution is -2.41. The maximum absolute atomic E-state index is 13.9. The summed E-state index contributed by atoms with van der Waals surface area (Å²) < 4.78 is 18.7. The molecule has 8 heteroatoms. The lowest BCUT2D eigenvalue weighted by Gasteiger charge is -2.23. The summed E-state index contributed by atoms with van der Waals surface area (Å²) >= 11 is 12.1. The zero-order chi connectivity index (χ0) is 19.1. The first kappa shape index (κ1) is 18.5. The molecule has 1 aliphatic rings. The minimum atomic E-state index is -1.33. The zero-order valence-corrected chi connectivity index (χ0v) is 15.5. The van der Waals surface area contributed by atoms with Crippen LogP contribution in [0.5, 0.6) is 5.75 Å². The highest BCUT2D eigenvalue weighted by Crippen LogP contribution is 2.35. The maximum atomic E-state index is 13.9. The fraction of sp³-hybridized carbons (Fsp3) is 0.222. The average molecular weight is 397 g/mol. The van der Waals surface area contributed by atoms with E-state index in [4.69, 9.17) is 27.9 Å². The first-order chi connectivity index (χ1) is 12.3. The van der Waals surface area contributed by atoms with E-state index in [1.54, 1.807) is 25.1 Å². The fourth-order valence-electron chi connectivity index (χ4n) is 2.91. The van der Waals surface area contributed by atoms with E-state index in [9.17, 15) is 14.0 Å². The molecule has 1 unspecified atom stereocenters. The summed E-state index contributed by atoms with van der Waals surface area (Å²) in [7, 11) is 1.36. The van der Waals surface area contributed by atoms with Crippen molar-refractivity contribution in [1.29, 1.82) is 0 Å². The highest BCUT2D eigenvalue weighted by molar-refractivity contribution is 6.35. The Morgan fingerprint density at radius 1 is 1.19 bits per heavy atom. The molecule has 1 fully saturated rings. The summed E-state index contributed by atoms with van der Waals surface area (Å²) in [5, 5.41) is 3.35. The molecule has 0 aliphatic carbocycles. The number of benzene rings is 2. The van der Waals surface area contributed by atoms with E-state index in [-0.39, 0.29) is 17.3 Å². The number of imide groups is 1. The monoisotopic (exact) mass is 396 g/mol. The predicted octanol–water partition coefficient (Wildman–Crippen LogP) is 4.11. The summed E-state index contributed by atoms with van der Waals surface area (Å²) in [4.78, 5) is 26.3. The second kappa shape index (κ2) is 6.78. The van der Waals surface area contributed by atoms with Crippen molar-refractivity contribution in [2.75, 3.05) is 7.11 Å². The van der Waals surface area contributed by atoms with Gasteiger partial charge in [0.1, 0.15) is 5.54 Å². The van der Waals surface area contributed by atoms with Crippen LogP contribution in [0.1, 0.15) is 18.1 Å². The van der Waals surface area contributed by atoms with Gasteiger partial charge in [-0.25, -0.2) is 9.18 Å². The molecule has 136 valence electrons. The quantitative estimate of drug-likeness (QED) is 0.791. The molecule has 5 nitrogen and oxygen atoms in total. The van der Waals surface area contributed by atoms with Gasteiger partial charge in [-0.3, -0.25) is 9.69 Å². The van der Waals surface area contributed by atoms with Crippen LogP contribution in [0.15, 0.2) is 36.4 Å². The van der Waals surface area contributed by atoms with Crippen LogP contribution in [0.4, 0.5) is 9.18 Å². The maximum Gasteiger partial charge on any atom is 0.325 e. The highest BCUT2D eigenvalue weighted by atomic mass is 35.5. The third-order valence-corrected chi connectivity index (χ3v) is 4.85. The van der Waals surface area contributed by atoms with Gasteiger partial charge in [-0.05, 0) is 36.8 Å². The van der Waals surface area contributed by atoms with Gasteiger partial charge in [-0.1, -0.05) is 35.3 Å². The molecule has 1 heterocycles. The number of methoxy groups -OCH3 is 1. The van der Waals surface area contributed by atoms with Crippen molar-refractivity contribution in [2.24, 2.45) is 0 Å². The molecule has 1 N–H and O–H groups in total. The summed E-state index contributed by atoms with van der Waals surface area (Å²) in [5.74, 6) is -0.966. The zero-order valence-electron chi connectivity index (χ0n) is 14.0. The molecule has 3 amide bonds. The minimum absolute atomic E-state index is 0.0770. The van der Waals surface area contributed by atoms with E-state index in [1.165, 1.54) is 25.3 Å². The number of urea groups is 1. The Morgan fingerprint density at radius 2 is 1.92 bits per heavy atom. The molecule has 1 saturated heterocycles. The Hall–Kier alpha value is -2.31. The van der Waals surface area contributed by atoms with Gasteiger partial charge < -0.3 is 10.1 Å². The van der Waals surface area contributed by atoms with E-state index in [0.717, 1.165) is 4.90 Å². The number of carbonyl (C=O) groups is 2. The first-order valence-electron chi connectivity index (χ1n) is 7.68. The summed E-state index contributed by atoms with van der Waals surface area (Å²) in [6.07, 6.45) is 0. The predicted molar refractivity (Wildman–Crippen MR) is 95.8 cm³/mol. The second-order valence-electron chi connectivity index (χ2n) is 6.04. The molecule has 2 aromatic rings. The van der Waals surface area contributed by atoms with E-state index in [0.29, 0.717) is 16.1 Å². The normalized spacial score (nSPS) is 19.7. The molecule has 26 heavy (non-hydrogen) atoms. The molecular formula is C18H15Cl2FN2O3. The lowest BCUT2D eigenvalue weighted by molar-refractivity contribution is -0.131. The molecule has 0 bridgehead atoms. The van der Waals surface area contributed by atoms with Gasteiger partial charge >= 0.3 is 6.03 Å². The van der Waals surface area contributed by atoms with Gasteiger partial charge in [0.05, 0.1) is 13.7 Å².